The number of pyridine rings is 1. The molecule has 0 atom stereocenters. The molecule has 0 aliphatic carbocycles. The van der Waals surface area contributed by atoms with Gasteiger partial charge in [-0.2, -0.15) is 0 Å². The van der Waals surface area contributed by atoms with Crippen LogP contribution in [0, 0.1) is 0 Å². The number of amides is 1. The first-order chi connectivity index (χ1) is 12.0. The highest BCUT2D eigenvalue weighted by atomic mass is 16.3. The van der Waals surface area contributed by atoms with E-state index in [0.29, 0.717) is 17.1 Å². The van der Waals surface area contributed by atoms with Crippen LogP contribution in [0.25, 0.3) is 5.69 Å². The van der Waals surface area contributed by atoms with Crippen LogP contribution in [0.1, 0.15) is 6.92 Å². The first-order valence-electron chi connectivity index (χ1n) is 7.63. The monoisotopic (exact) mass is 338 g/mol. The lowest BCUT2D eigenvalue weighted by molar-refractivity contribution is -0.114. The average molecular weight is 338 g/mol. The van der Waals surface area contributed by atoms with Gasteiger partial charge in [-0.25, -0.2) is 4.57 Å². The smallest absolute Gasteiger partial charge is 0.223 e. The van der Waals surface area contributed by atoms with Gasteiger partial charge in [0.15, 0.2) is 0 Å². The molecule has 0 fully saturated rings. The Morgan fingerprint density at radius 3 is 2.52 bits per heavy atom. The van der Waals surface area contributed by atoms with Crippen LogP contribution in [-0.4, -0.2) is 32.7 Å². The van der Waals surface area contributed by atoms with Gasteiger partial charge in [0.25, 0.3) is 0 Å². The molecule has 0 bridgehead atoms. The highest BCUT2D eigenvalue weighted by molar-refractivity contribution is 5.88. The summed E-state index contributed by atoms with van der Waals surface area (Å²) in [6.45, 7) is 1.43. The van der Waals surface area contributed by atoms with Crippen molar-refractivity contribution in [3.63, 3.8) is 0 Å². The molecule has 0 saturated heterocycles. The van der Waals surface area contributed by atoms with Crippen molar-refractivity contribution in [2.24, 2.45) is 0 Å². The van der Waals surface area contributed by atoms with Gasteiger partial charge in [-0.05, 0) is 36.4 Å². The van der Waals surface area contributed by atoms with Crippen molar-refractivity contribution in [2.75, 3.05) is 17.3 Å². The van der Waals surface area contributed by atoms with Gasteiger partial charge in [-0.3, -0.25) is 9.78 Å². The summed E-state index contributed by atoms with van der Waals surface area (Å²) in [5, 5.41) is 23.5. The Balaban J connectivity index is 1.96. The number of rotatable bonds is 4. The van der Waals surface area contributed by atoms with Crippen LogP contribution in [0.3, 0.4) is 0 Å². The van der Waals surface area contributed by atoms with Gasteiger partial charge >= 0.3 is 0 Å². The van der Waals surface area contributed by atoms with Crippen molar-refractivity contribution in [1.29, 1.82) is 0 Å². The van der Waals surface area contributed by atoms with Gasteiger partial charge in [0.05, 0.1) is 17.6 Å². The molecule has 3 N–H and O–H groups in total. The summed E-state index contributed by atoms with van der Waals surface area (Å²) < 4.78 is 1.32. The molecule has 128 valence electrons. The number of nitrogens with one attached hydrogen (secondary N) is 1. The van der Waals surface area contributed by atoms with Crippen LogP contribution in [0.15, 0.2) is 54.9 Å². The second kappa shape index (κ2) is 6.56. The van der Waals surface area contributed by atoms with Crippen molar-refractivity contribution in [2.45, 2.75) is 6.92 Å². The summed E-state index contributed by atoms with van der Waals surface area (Å²) in [6, 6.07) is 11.9. The number of nitrogens with zero attached hydrogens (tertiary/aromatic N) is 3. The second-order valence-corrected chi connectivity index (χ2v) is 5.55. The number of hydrogen-bond donors (Lipinski definition) is 3. The average Bonchev–Trinajstić information content (AvgIpc) is 2.90. The van der Waals surface area contributed by atoms with Crippen molar-refractivity contribution in [3.8, 4) is 17.4 Å². The number of aromatic hydroxyl groups is 2. The summed E-state index contributed by atoms with van der Waals surface area (Å²) in [4.78, 5) is 16.9. The van der Waals surface area contributed by atoms with E-state index in [1.807, 2.05) is 6.07 Å². The molecule has 0 spiro atoms. The van der Waals surface area contributed by atoms with E-state index in [1.54, 1.807) is 54.7 Å². The van der Waals surface area contributed by atoms with Crippen molar-refractivity contribution in [1.82, 2.24) is 9.55 Å². The fourth-order valence-corrected chi connectivity index (χ4v) is 2.56. The molecule has 0 saturated carbocycles. The molecule has 7 nitrogen and oxygen atoms in total. The van der Waals surface area contributed by atoms with Crippen LogP contribution >= 0.6 is 0 Å². The largest absolute Gasteiger partial charge is 0.494 e. The van der Waals surface area contributed by atoms with Crippen molar-refractivity contribution < 1.29 is 15.0 Å². The van der Waals surface area contributed by atoms with E-state index in [2.05, 4.69) is 10.3 Å². The minimum absolute atomic E-state index is 0.101. The molecule has 1 aromatic carbocycles. The normalized spacial score (nSPS) is 10.5. The van der Waals surface area contributed by atoms with Crippen LogP contribution in [0.5, 0.6) is 11.8 Å². The Labute approximate surface area is 144 Å². The van der Waals surface area contributed by atoms with Crippen LogP contribution in [0.4, 0.5) is 17.1 Å². The zero-order valence-electron chi connectivity index (χ0n) is 13.8. The summed E-state index contributed by atoms with van der Waals surface area (Å²) in [7, 11) is 1.77. The van der Waals surface area contributed by atoms with Gasteiger partial charge in [0.1, 0.15) is 5.69 Å². The minimum Gasteiger partial charge on any atom is -0.494 e. The summed E-state index contributed by atoms with van der Waals surface area (Å²) in [5.74, 6) is -0.369. The molecule has 0 radical (unpaired) electrons. The number of aromatic nitrogens is 2. The standard InChI is InChI=1S/C18H18N4O3/c1-12(23)20-13-5-7-14(8-6-13)22-17(24)10-16(18(22)25)21(2)15-4-3-9-19-11-15/h3-11,24-25H,1-2H3,(H,20,23). The van der Waals surface area contributed by atoms with E-state index in [4.69, 9.17) is 0 Å². The Hall–Kier alpha value is -3.48. The van der Waals surface area contributed by atoms with Crippen LogP contribution in [0.2, 0.25) is 0 Å². The maximum Gasteiger partial charge on any atom is 0.223 e. The number of carbonyl (C=O) groups is 1. The summed E-state index contributed by atoms with van der Waals surface area (Å²) >= 11 is 0. The van der Waals surface area contributed by atoms with E-state index < -0.39 is 0 Å². The van der Waals surface area contributed by atoms with Gasteiger partial charge in [-0.15, -0.1) is 0 Å². The highest BCUT2D eigenvalue weighted by Crippen LogP contribution is 2.40. The van der Waals surface area contributed by atoms with Crippen molar-refractivity contribution in [3.05, 3.63) is 54.9 Å². The zero-order chi connectivity index (χ0) is 18.0. The molecule has 0 aliphatic heterocycles. The van der Waals surface area contributed by atoms with E-state index in [0.717, 1.165) is 5.69 Å². The lowest BCUT2D eigenvalue weighted by Crippen LogP contribution is -2.09. The number of benzene rings is 1. The molecule has 1 amide bonds. The molecule has 3 rings (SSSR count). The Morgan fingerprint density at radius 1 is 1.20 bits per heavy atom. The molecule has 2 aromatic heterocycles. The number of hydrogen-bond acceptors (Lipinski definition) is 5. The Bertz CT molecular complexity index is 889. The second-order valence-electron chi connectivity index (χ2n) is 5.55. The summed E-state index contributed by atoms with van der Waals surface area (Å²) in [6.07, 6.45) is 3.33. The molecular weight excluding hydrogens is 320 g/mol. The first-order valence-corrected chi connectivity index (χ1v) is 7.63. The van der Waals surface area contributed by atoms with E-state index in [9.17, 15) is 15.0 Å². The third-order valence-electron chi connectivity index (χ3n) is 3.78. The Kier molecular flexibility index (Phi) is 4.30. The fraction of sp³-hybridized carbons (Fsp3) is 0.111. The fourth-order valence-electron chi connectivity index (χ4n) is 2.56. The van der Waals surface area contributed by atoms with Crippen molar-refractivity contribution >= 4 is 23.0 Å². The van der Waals surface area contributed by atoms with E-state index in [1.165, 1.54) is 17.6 Å². The van der Waals surface area contributed by atoms with Crippen LogP contribution < -0.4 is 10.2 Å². The van der Waals surface area contributed by atoms with Gasteiger partial charge in [-0.1, -0.05) is 0 Å². The molecule has 7 heteroatoms. The van der Waals surface area contributed by atoms with E-state index in [-0.39, 0.29) is 17.7 Å². The number of carbonyl (C=O) groups excluding carboxylic acids is 1. The number of anilines is 3. The molecule has 3 aromatic rings. The topological polar surface area (TPSA) is 90.6 Å². The molecule has 25 heavy (non-hydrogen) atoms. The predicted molar refractivity (Wildman–Crippen MR) is 95.7 cm³/mol. The summed E-state index contributed by atoms with van der Waals surface area (Å²) in [5.41, 5.74) is 2.41. The van der Waals surface area contributed by atoms with Gasteiger partial charge in [0, 0.05) is 31.9 Å². The Morgan fingerprint density at radius 2 is 1.92 bits per heavy atom. The minimum atomic E-state index is -0.167. The lowest BCUT2D eigenvalue weighted by Gasteiger charge is -2.17. The molecular formula is C18H18N4O3. The highest BCUT2D eigenvalue weighted by Gasteiger charge is 2.19. The predicted octanol–water partition coefficient (Wildman–Crippen LogP) is 3.01. The lowest BCUT2D eigenvalue weighted by atomic mass is 10.2. The van der Waals surface area contributed by atoms with Crippen LogP contribution in [-0.2, 0) is 4.79 Å². The zero-order valence-corrected chi connectivity index (χ0v) is 13.8. The third kappa shape index (κ3) is 3.25. The maximum atomic E-state index is 11.1. The quantitative estimate of drug-likeness (QED) is 0.680. The third-order valence-corrected chi connectivity index (χ3v) is 3.78. The first kappa shape index (κ1) is 16.4. The SMILES string of the molecule is CC(=O)Nc1ccc(-n2c(O)cc(N(C)c3cccnc3)c2O)cc1. The molecule has 2 heterocycles. The maximum absolute atomic E-state index is 11.1. The van der Waals surface area contributed by atoms with E-state index >= 15 is 0 Å². The van der Waals surface area contributed by atoms with Gasteiger partial charge < -0.3 is 20.4 Å². The molecule has 0 aliphatic rings. The molecule has 0 unspecified atom stereocenters. The van der Waals surface area contributed by atoms with Gasteiger partial charge in [0.2, 0.25) is 17.7 Å².